The summed E-state index contributed by atoms with van der Waals surface area (Å²) < 4.78 is 15.0. The molecule has 0 spiro atoms. The van der Waals surface area contributed by atoms with Crippen LogP contribution in [-0.2, 0) is 6.54 Å². The van der Waals surface area contributed by atoms with Gasteiger partial charge in [-0.3, -0.25) is 9.69 Å². The summed E-state index contributed by atoms with van der Waals surface area (Å²) in [5.41, 5.74) is 1.39. The molecule has 1 saturated heterocycles. The highest BCUT2D eigenvalue weighted by Gasteiger charge is 2.20. The van der Waals surface area contributed by atoms with Gasteiger partial charge in [0.05, 0.1) is 17.8 Å². The Morgan fingerprint density at radius 3 is 2.67 bits per heavy atom. The summed E-state index contributed by atoms with van der Waals surface area (Å²) in [4.78, 5) is 25.0. The number of rotatable bonds is 4. The molecule has 1 aliphatic rings. The number of hydrogen-bond donors (Lipinski definition) is 0. The van der Waals surface area contributed by atoms with Crippen LogP contribution in [0.3, 0.4) is 0 Å². The van der Waals surface area contributed by atoms with E-state index in [1.165, 1.54) is 23.1 Å². The molecule has 0 atom stereocenters. The summed E-state index contributed by atoms with van der Waals surface area (Å²) in [6, 6.07) is 7.91. The molecule has 0 amide bonds. The lowest BCUT2D eigenvalue weighted by Crippen LogP contribution is -2.48. The molecule has 7 nitrogen and oxygen atoms in total. The van der Waals surface area contributed by atoms with E-state index in [1.807, 2.05) is 6.92 Å². The zero-order valence-electron chi connectivity index (χ0n) is 15.2. The number of hydrogen-bond acceptors (Lipinski definition) is 6. The van der Waals surface area contributed by atoms with E-state index in [1.54, 1.807) is 18.2 Å². The number of halogens is 1. The normalized spacial score (nSPS) is 15.4. The average Bonchev–Trinajstić information content (AvgIpc) is 2.68. The lowest BCUT2D eigenvalue weighted by Gasteiger charge is -2.35. The molecule has 8 heteroatoms. The second-order valence-electron chi connectivity index (χ2n) is 6.72. The molecule has 1 aliphatic heterocycles. The molecule has 27 heavy (non-hydrogen) atoms. The molecule has 2 aromatic heterocycles. The molecule has 1 aromatic carbocycles. The first-order valence-electron chi connectivity index (χ1n) is 9.02. The van der Waals surface area contributed by atoms with Crippen LogP contribution in [-0.4, -0.2) is 57.4 Å². The second kappa shape index (κ2) is 7.40. The van der Waals surface area contributed by atoms with Crippen LogP contribution in [0.4, 0.5) is 10.2 Å². The third kappa shape index (κ3) is 3.80. The Morgan fingerprint density at radius 2 is 1.85 bits per heavy atom. The SMILES string of the molecule is Cc1ccc(=O)n(CCN2CCN(c3ncnc4cc(F)ccc34)CC2)n1. The number of piperazine rings is 1. The van der Waals surface area contributed by atoms with Gasteiger partial charge < -0.3 is 4.90 Å². The molecule has 4 rings (SSSR count). The van der Waals surface area contributed by atoms with E-state index in [0.717, 1.165) is 49.6 Å². The molecule has 3 heterocycles. The zero-order chi connectivity index (χ0) is 18.8. The number of aromatic nitrogens is 4. The van der Waals surface area contributed by atoms with Crippen molar-refractivity contribution in [3.8, 4) is 0 Å². The fourth-order valence-electron chi connectivity index (χ4n) is 3.40. The van der Waals surface area contributed by atoms with Gasteiger partial charge in [-0.1, -0.05) is 0 Å². The Bertz CT molecular complexity index is 1010. The second-order valence-corrected chi connectivity index (χ2v) is 6.72. The van der Waals surface area contributed by atoms with Gasteiger partial charge in [-0.25, -0.2) is 19.0 Å². The Balaban J connectivity index is 1.41. The van der Waals surface area contributed by atoms with Crippen molar-refractivity contribution < 1.29 is 4.39 Å². The van der Waals surface area contributed by atoms with Crippen LogP contribution in [0.25, 0.3) is 10.9 Å². The molecule has 1 fully saturated rings. The van der Waals surface area contributed by atoms with Crippen molar-refractivity contribution in [1.29, 1.82) is 0 Å². The first-order chi connectivity index (χ1) is 13.1. The molecule has 0 bridgehead atoms. The maximum Gasteiger partial charge on any atom is 0.266 e. The summed E-state index contributed by atoms with van der Waals surface area (Å²) in [5.74, 6) is 0.549. The molecule has 0 saturated carbocycles. The van der Waals surface area contributed by atoms with E-state index >= 15 is 0 Å². The highest BCUT2D eigenvalue weighted by atomic mass is 19.1. The lowest BCUT2D eigenvalue weighted by atomic mass is 10.2. The van der Waals surface area contributed by atoms with Gasteiger partial charge in [0.15, 0.2) is 0 Å². The molecule has 3 aromatic rings. The quantitative estimate of drug-likeness (QED) is 0.695. The van der Waals surface area contributed by atoms with Gasteiger partial charge >= 0.3 is 0 Å². The molecule has 0 unspecified atom stereocenters. The zero-order valence-corrected chi connectivity index (χ0v) is 15.2. The summed E-state index contributed by atoms with van der Waals surface area (Å²) in [7, 11) is 0. The fourth-order valence-corrected chi connectivity index (χ4v) is 3.40. The summed E-state index contributed by atoms with van der Waals surface area (Å²) in [5, 5.41) is 5.14. The smallest absolute Gasteiger partial charge is 0.266 e. The van der Waals surface area contributed by atoms with Gasteiger partial charge in [-0.2, -0.15) is 5.10 Å². The predicted octanol–water partition coefficient (Wildman–Crippen LogP) is 1.46. The molecule has 0 radical (unpaired) electrons. The van der Waals surface area contributed by atoms with Crippen molar-refractivity contribution in [2.75, 3.05) is 37.6 Å². The average molecular weight is 368 g/mol. The Hall–Kier alpha value is -2.87. The van der Waals surface area contributed by atoms with E-state index in [-0.39, 0.29) is 11.4 Å². The number of anilines is 1. The predicted molar refractivity (Wildman–Crippen MR) is 101 cm³/mol. The van der Waals surface area contributed by atoms with Crippen molar-refractivity contribution >= 4 is 16.7 Å². The molecular formula is C19H21FN6O. The fraction of sp³-hybridized carbons (Fsp3) is 0.368. The van der Waals surface area contributed by atoms with Crippen molar-refractivity contribution in [2.24, 2.45) is 0 Å². The van der Waals surface area contributed by atoms with Crippen molar-refractivity contribution in [1.82, 2.24) is 24.6 Å². The van der Waals surface area contributed by atoms with Gasteiger partial charge in [0, 0.05) is 50.2 Å². The van der Waals surface area contributed by atoms with E-state index in [2.05, 4.69) is 24.9 Å². The lowest BCUT2D eigenvalue weighted by molar-refractivity contribution is 0.242. The largest absolute Gasteiger partial charge is 0.353 e. The highest BCUT2D eigenvalue weighted by Crippen LogP contribution is 2.24. The molecular weight excluding hydrogens is 347 g/mol. The minimum absolute atomic E-state index is 0.0704. The first kappa shape index (κ1) is 17.5. The van der Waals surface area contributed by atoms with Crippen LogP contribution < -0.4 is 10.5 Å². The van der Waals surface area contributed by atoms with Gasteiger partial charge in [0.25, 0.3) is 5.56 Å². The number of benzene rings is 1. The summed E-state index contributed by atoms with van der Waals surface area (Å²) in [6.45, 7) is 6.61. The topological polar surface area (TPSA) is 67.2 Å². The van der Waals surface area contributed by atoms with Crippen LogP contribution in [0.15, 0.2) is 41.5 Å². The summed E-state index contributed by atoms with van der Waals surface area (Å²) >= 11 is 0. The van der Waals surface area contributed by atoms with Gasteiger partial charge in [-0.15, -0.1) is 0 Å². The molecule has 140 valence electrons. The number of aryl methyl sites for hydroxylation is 1. The van der Waals surface area contributed by atoms with E-state index < -0.39 is 0 Å². The van der Waals surface area contributed by atoms with Crippen molar-refractivity contribution in [3.63, 3.8) is 0 Å². The Labute approximate surface area is 156 Å². The van der Waals surface area contributed by atoms with Crippen LogP contribution in [0.2, 0.25) is 0 Å². The summed E-state index contributed by atoms with van der Waals surface area (Å²) in [6.07, 6.45) is 1.49. The molecule has 0 aliphatic carbocycles. The maximum absolute atomic E-state index is 13.4. The van der Waals surface area contributed by atoms with Crippen molar-refractivity contribution in [2.45, 2.75) is 13.5 Å². The monoisotopic (exact) mass is 368 g/mol. The third-order valence-electron chi connectivity index (χ3n) is 4.88. The number of nitrogens with zero attached hydrogens (tertiary/aromatic N) is 6. The Kier molecular flexibility index (Phi) is 4.81. The van der Waals surface area contributed by atoms with Crippen LogP contribution in [0.5, 0.6) is 0 Å². The van der Waals surface area contributed by atoms with Crippen molar-refractivity contribution in [3.05, 3.63) is 58.5 Å². The van der Waals surface area contributed by atoms with Gasteiger partial charge in [0.1, 0.15) is 18.0 Å². The standard InChI is InChI=1S/C19H21FN6O/c1-14-2-5-18(27)26(23-14)11-8-24-6-9-25(10-7-24)19-16-4-3-15(20)12-17(16)21-13-22-19/h2-5,12-13H,6-11H2,1H3. The maximum atomic E-state index is 13.4. The van der Waals surface area contributed by atoms with Crippen LogP contribution in [0.1, 0.15) is 5.69 Å². The highest BCUT2D eigenvalue weighted by molar-refractivity contribution is 5.89. The first-order valence-corrected chi connectivity index (χ1v) is 9.02. The van der Waals surface area contributed by atoms with E-state index in [0.29, 0.717) is 12.1 Å². The minimum Gasteiger partial charge on any atom is -0.353 e. The van der Waals surface area contributed by atoms with E-state index in [9.17, 15) is 9.18 Å². The van der Waals surface area contributed by atoms with Crippen LogP contribution >= 0.6 is 0 Å². The molecule has 0 N–H and O–H groups in total. The third-order valence-corrected chi connectivity index (χ3v) is 4.88. The number of fused-ring (bicyclic) bond motifs is 1. The minimum atomic E-state index is -0.294. The van der Waals surface area contributed by atoms with Crippen LogP contribution in [0, 0.1) is 12.7 Å². The Morgan fingerprint density at radius 1 is 1.04 bits per heavy atom. The van der Waals surface area contributed by atoms with Gasteiger partial charge in [0.2, 0.25) is 0 Å². The van der Waals surface area contributed by atoms with E-state index in [4.69, 9.17) is 0 Å². The van der Waals surface area contributed by atoms with Gasteiger partial charge in [-0.05, 0) is 25.1 Å².